The van der Waals surface area contributed by atoms with Crippen molar-refractivity contribution in [1.82, 2.24) is 4.90 Å². The Labute approximate surface area is 174 Å². The fraction of sp³-hybridized carbons (Fsp3) is 0.308. The van der Waals surface area contributed by atoms with Gasteiger partial charge in [-0.05, 0) is 36.6 Å². The Morgan fingerprint density at radius 2 is 1.45 bits per heavy atom. The van der Waals surface area contributed by atoms with Crippen LogP contribution in [0.5, 0.6) is 5.75 Å². The number of rotatable bonds is 10. The molecule has 0 aliphatic heterocycles. The Balaban J connectivity index is 1.57. The van der Waals surface area contributed by atoms with Gasteiger partial charge in [-0.25, -0.2) is 0 Å². The number of para-hydroxylation sites is 1. The Kier molecular flexibility index (Phi) is 7.85. The van der Waals surface area contributed by atoms with Gasteiger partial charge in [0.05, 0.1) is 6.10 Å². The van der Waals surface area contributed by atoms with E-state index >= 15 is 0 Å². The van der Waals surface area contributed by atoms with Crippen LogP contribution in [-0.4, -0.2) is 35.7 Å². The molecule has 3 heteroatoms. The molecule has 0 unspecified atom stereocenters. The second-order valence-corrected chi connectivity index (χ2v) is 7.63. The van der Waals surface area contributed by atoms with Crippen LogP contribution in [0.1, 0.15) is 36.6 Å². The summed E-state index contributed by atoms with van der Waals surface area (Å²) in [5.74, 6) is 0.934. The number of aliphatic hydroxyl groups is 1. The van der Waals surface area contributed by atoms with Gasteiger partial charge in [0, 0.05) is 25.6 Å². The highest BCUT2D eigenvalue weighted by molar-refractivity contribution is 5.37. The third-order valence-electron chi connectivity index (χ3n) is 5.17. The predicted octanol–water partition coefficient (Wildman–Crippen LogP) is 5.10. The summed E-state index contributed by atoms with van der Waals surface area (Å²) >= 11 is 0. The van der Waals surface area contributed by atoms with E-state index in [0.29, 0.717) is 19.2 Å². The molecule has 3 nitrogen and oxygen atoms in total. The Morgan fingerprint density at radius 3 is 2.14 bits per heavy atom. The predicted molar refractivity (Wildman–Crippen MR) is 119 cm³/mol. The number of hydrogen-bond acceptors (Lipinski definition) is 3. The van der Waals surface area contributed by atoms with Gasteiger partial charge >= 0.3 is 0 Å². The van der Waals surface area contributed by atoms with E-state index in [9.17, 15) is 5.11 Å². The maximum atomic E-state index is 10.6. The number of aliphatic hydroxyl groups excluding tert-OH is 1. The molecular weight excluding hydrogens is 358 g/mol. The highest BCUT2D eigenvalue weighted by atomic mass is 16.5. The van der Waals surface area contributed by atoms with Gasteiger partial charge in [-0.1, -0.05) is 78.9 Å². The molecule has 1 atom stereocenters. The first-order valence-corrected chi connectivity index (χ1v) is 10.3. The number of hydrogen-bond donors (Lipinski definition) is 1. The van der Waals surface area contributed by atoms with Crippen molar-refractivity contribution in [1.29, 1.82) is 0 Å². The minimum atomic E-state index is -0.496. The first-order chi connectivity index (χ1) is 14.1. The Morgan fingerprint density at radius 1 is 0.828 bits per heavy atom. The molecule has 0 saturated heterocycles. The second kappa shape index (κ2) is 10.8. The molecule has 0 bridgehead atoms. The third kappa shape index (κ3) is 6.45. The van der Waals surface area contributed by atoms with Gasteiger partial charge in [0.25, 0.3) is 0 Å². The molecule has 0 aliphatic carbocycles. The molecule has 29 heavy (non-hydrogen) atoms. The number of ether oxygens (including phenoxy) is 1. The summed E-state index contributed by atoms with van der Waals surface area (Å²) in [4.78, 5) is 2.26. The molecule has 0 amide bonds. The van der Waals surface area contributed by atoms with E-state index in [1.807, 2.05) is 48.5 Å². The van der Waals surface area contributed by atoms with E-state index in [1.165, 1.54) is 11.1 Å². The molecule has 0 aromatic heterocycles. The SMILES string of the molecule is CC(C)N(CCOc1ccccc1Cc1ccccc1)C[C@@H](O)c1ccccc1. The zero-order valence-electron chi connectivity index (χ0n) is 17.4. The normalized spacial score (nSPS) is 12.3. The van der Waals surface area contributed by atoms with E-state index < -0.39 is 6.10 Å². The summed E-state index contributed by atoms with van der Waals surface area (Å²) in [5, 5.41) is 10.6. The lowest BCUT2D eigenvalue weighted by Crippen LogP contribution is -2.37. The Hall–Kier alpha value is -2.62. The monoisotopic (exact) mass is 389 g/mol. The first kappa shape index (κ1) is 21.1. The minimum absolute atomic E-state index is 0.330. The van der Waals surface area contributed by atoms with Crippen LogP contribution in [0.25, 0.3) is 0 Å². The van der Waals surface area contributed by atoms with Crippen molar-refractivity contribution in [3.8, 4) is 5.75 Å². The van der Waals surface area contributed by atoms with Gasteiger partial charge in [0.15, 0.2) is 0 Å². The van der Waals surface area contributed by atoms with Crippen molar-refractivity contribution in [3.63, 3.8) is 0 Å². The lowest BCUT2D eigenvalue weighted by molar-refractivity contribution is 0.0848. The molecule has 1 N–H and O–H groups in total. The van der Waals surface area contributed by atoms with Crippen LogP contribution in [0, 0.1) is 0 Å². The average Bonchev–Trinajstić information content (AvgIpc) is 2.75. The lowest BCUT2D eigenvalue weighted by atomic mass is 10.0. The van der Waals surface area contributed by atoms with Crippen LogP contribution in [0.4, 0.5) is 0 Å². The standard InChI is InChI=1S/C26H31NO2/c1-21(2)27(20-25(28)23-13-7-4-8-14-23)17-18-29-26-16-10-9-15-24(26)19-22-11-5-3-6-12-22/h3-16,21,25,28H,17-20H2,1-2H3/t25-/m1/s1. The molecule has 0 radical (unpaired) electrons. The summed E-state index contributed by atoms with van der Waals surface area (Å²) in [6.45, 7) is 6.26. The zero-order chi connectivity index (χ0) is 20.5. The van der Waals surface area contributed by atoms with Gasteiger partial charge in [0.2, 0.25) is 0 Å². The molecule has 3 aromatic rings. The van der Waals surface area contributed by atoms with E-state index in [0.717, 1.165) is 24.3 Å². The van der Waals surface area contributed by atoms with Crippen LogP contribution in [-0.2, 0) is 6.42 Å². The average molecular weight is 390 g/mol. The highest BCUT2D eigenvalue weighted by Gasteiger charge is 2.16. The van der Waals surface area contributed by atoms with Crippen molar-refractivity contribution in [3.05, 3.63) is 102 Å². The smallest absolute Gasteiger partial charge is 0.122 e. The van der Waals surface area contributed by atoms with Gasteiger partial charge in [-0.2, -0.15) is 0 Å². The summed E-state index contributed by atoms with van der Waals surface area (Å²) in [7, 11) is 0. The van der Waals surface area contributed by atoms with Crippen LogP contribution >= 0.6 is 0 Å². The number of nitrogens with zero attached hydrogens (tertiary/aromatic N) is 1. The van der Waals surface area contributed by atoms with Gasteiger partial charge in [-0.3, -0.25) is 4.90 Å². The van der Waals surface area contributed by atoms with Crippen LogP contribution in [0.15, 0.2) is 84.9 Å². The molecular formula is C26H31NO2. The minimum Gasteiger partial charge on any atom is -0.492 e. The summed E-state index contributed by atoms with van der Waals surface area (Å²) < 4.78 is 6.15. The Bertz CT molecular complexity index is 849. The van der Waals surface area contributed by atoms with Crippen molar-refractivity contribution < 1.29 is 9.84 Å². The fourth-order valence-electron chi connectivity index (χ4n) is 3.44. The van der Waals surface area contributed by atoms with Crippen LogP contribution in [0.2, 0.25) is 0 Å². The van der Waals surface area contributed by atoms with Crippen molar-refractivity contribution >= 4 is 0 Å². The molecule has 0 aliphatic rings. The lowest BCUT2D eigenvalue weighted by Gasteiger charge is -2.29. The maximum absolute atomic E-state index is 10.6. The fourth-order valence-corrected chi connectivity index (χ4v) is 3.44. The summed E-state index contributed by atoms with van der Waals surface area (Å²) in [5.41, 5.74) is 3.42. The van der Waals surface area contributed by atoms with Crippen molar-refractivity contribution in [2.24, 2.45) is 0 Å². The second-order valence-electron chi connectivity index (χ2n) is 7.63. The molecule has 3 rings (SSSR count). The van der Waals surface area contributed by atoms with Crippen LogP contribution in [0.3, 0.4) is 0 Å². The highest BCUT2D eigenvalue weighted by Crippen LogP contribution is 2.22. The van der Waals surface area contributed by atoms with E-state index in [-0.39, 0.29) is 0 Å². The van der Waals surface area contributed by atoms with Crippen molar-refractivity contribution in [2.75, 3.05) is 19.7 Å². The summed E-state index contributed by atoms with van der Waals surface area (Å²) in [6, 6.07) is 28.9. The van der Waals surface area contributed by atoms with E-state index in [4.69, 9.17) is 4.74 Å². The molecule has 0 spiro atoms. The molecule has 3 aromatic carbocycles. The summed E-state index contributed by atoms with van der Waals surface area (Å²) in [6.07, 6.45) is 0.362. The zero-order valence-corrected chi connectivity index (χ0v) is 17.4. The molecule has 0 heterocycles. The number of benzene rings is 3. The largest absolute Gasteiger partial charge is 0.492 e. The van der Waals surface area contributed by atoms with Gasteiger partial charge in [-0.15, -0.1) is 0 Å². The molecule has 152 valence electrons. The van der Waals surface area contributed by atoms with Crippen LogP contribution < -0.4 is 4.74 Å². The van der Waals surface area contributed by atoms with Gasteiger partial charge in [0.1, 0.15) is 12.4 Å². The first-order valence-electron chi connectivity index (χ1n) is 10.3. The third-order valence-corrected chi connectivity index (χ3v) is 5.17. The molecule has 0 fully saturated rings. The van der Waals surface area contributed by atoms with Crippen molar-refractivity contribution in [2.45, 2.75) is 32.4 Å². The topological polar surface area (TPSA) is 32.7 Å². The maximum Gasteiger partial charge on any atom is 0.122 e. The van der Waals surface area contributed by atoms with Gasteiger partial charge < -0.3 is 9.84 Å². The van der Waals surface area contributed by atoms with E-state index in [2.05, 4.69) is 55.1 Å². The van der Waals surface area contributed by atoms with E-state index in [1.54, 1.807) is 0 Å². The molecule has 0 saturated carbocycles. The quantitative estimate of drug-likeness (QED) is 0.524.